The molecule has 0 heterocycles. The van der Waals surface area contributed by atoms with Gasteiger partial charge in [-0.05, 0) is 24.2 Å². The van der Waals surface area contributed by atoms with Crippen LogP contribution >= 0.6 is 0 Å². The number of hydrogen-bond donors (Lipinski definition) is 0. The minimum atomic E-state index is 0.386. The fraction of sp³-hybridized carbons (Fsp3) is 0. The Balaban J connectivity index is 2.23. The van der Waals surface area contributed by atoms with Crippen LogP contribution in [0.5, 0.6) is 0 Å². The summed E-state index contributed by atoms with van der Waals surface area (Å²) < 4.78 is 7.58. The van der Waals surface area contributed by atoms with E-state index in [-0.39, 0.29) is 0 Å². The van der Waals surface area contributed by atoms with E-state index in [1.54, 1.807) is 12.1 Å². The van der Waals surface area contributed by atoms with Gasteiger partial charge in [0.05, 0.1) is 12.7 Å². The van der Waals surface area contributed by atoms with Gasteiger partial charge in [0.1, 0.15) is 0 Å². The second-order valence-electron chi connectivity index (χ2n) is 2.78. The number of rotatable bonds is 2. The summed E-state index contributed by atoms with van der Waals surface area (Å²) in [6.45, 7) is 0. The first kappa shape index (κ1) is 7.44. The fourth-order valence-corrected chi connectivity index (χ4v) is 1.05. The van der Waals surface area contributed by atoms with Crippen LogP contribution in [0.2, 0.25) is 0 Å². The van der Waals surface area contributed by atoms with Crippen LogP contribution < -0.4 is 0 Å². The maximum absolute atomic E-state index is 7.58. The molecule has 2 heteroatoms. The van der Waals surface area contributed by atoms with Gasteiger partial charge in [-0.2, -0.15) is 10.2 Å². The zero-order chi connectivity index (χ0) is 10.5. The molecule has 0 aromatic heterocycles. The van der Waals surface area contributed by atoms with E-state index >= 15 is 0 Å². The molecule has 0 saturated heterocycles. The predicted molar refractivity (Wildman–Crippen MR) is 57.1 cm³/mol. The zero-order valence-corrected chi connectivity index (χ0v) is 7.59. The molecule has 0 unspecified atom stereocenters. The number of nitrogens with zero attached hydrogens (tertiary/aromatic N) is 2. The minimum absolute atomic E-state index is 0.386. The Hall–Kier alpha value is -1.96. The van der Waals surface area contributed by atoms with Crippen LogP contribution in [0.3, 0.4) is 0 Å². The van der Waals surface area contributed by atoms with Gasteiger partial charge in [-0.1, -0.05) is 36.4 Å². The van der Waals surface area contributed by atoms with Crippen molar-refractivity contribution in [2.24, 2.45) is 10.2 Å². The summed E-state index contributed by atoms with van der Waals surface area (Å²) in [4.78, 5) is 0. The number of hydrogen-bond acceptors (Lipinski definition) is 2. The lowest BCUT2D eigenvalue weighted by Gasteiger charge is -1.91. The van der Waals surface area contributed by atoms with Gasteiger partial charge in [0.25, 0.3) is 0 Å². The normalized spacial score (nSPS) is 11.6. The first-order chi connectivity index (χ1) is 7.36. The van der Waals surface area contributed by atoms with Crippen LogP contribution in [-0.2, 0) is 0 Å². The molecule has 68 valence electrons. The van der Waals surface area contributed by atoms with E-state index in [1.807, 2.05) is 42.5 Å². The van der Waals surface area contributed by atoms with Gasteiger partial charge in [0.2, 0.25) is 0 Å². The SMILES string of the molecule is [2H]c1ccccc1N=Nc1ccccc1. The van der Waals surface area contributed by atoms with Crippen LogP contribution in [0.15, 0.2) is 70.9 Å². The lowest BCUT2D eigenvalue weighted by atomic mass is 10.3. The summed E-state index contributed by atoms with van der Waals surface area (Å²) >= 11 is 0. The van der Waals surface area contributed by atoms with Crippen molar-refractivity contribution in [3.8, 4) is 0 Å². The van der Waals surface area contributed by atoms with Gasteiger partial charge in [0, 0.05) is 0 Å². The van der Waals surface area contributed by atoms with Gasteiger partial charge >= 0.3 is 0 Å². The molecule has 2 aromatic carbocycles. The summed E-state index contributed by atoms with van der Waals surface area (Å²) in [6.07, 6.45) is 0. The molecule has 2 nitrogen and oxygen atoms in total. The standard InChI is InChI=1S/C12H10N2/c1-3-7-11(8-4-1)13-14-12-9-5-2-6-10-12/h1-10H/i7D. The van der Waals surface area contributed by atoms with Crippen LogP contribution in [0.1, 0.15) is 1.37 Å². The Morgan fingerprint density at radius 1 is 0.714 bits per heavy atom. The second kappa shape index (κ2) is 4.33. The molecule has 0 bridgehead atoms. The van der Waals surface area contributed by atoms with Crippen molar-refractivity contribution in [3.63, 3.8) is 0 Å². The Kier molecular flexibility index (Phi) is 2.30. The third kappa shape index (κ3) is 2.26. The summed E-state index contributed by atoms with van der Waals surface area (Å²) in [6, 6.07) is 17.0. The molecule has 0 atom stereocenters. The third-order valence-corrected chi connectivity index (χ3v) is 1.72. The van der Waals surface area contributed by atoms with E-state index < -0.39 is 0 Å². The molecule has 0 aliphatic heterocycles. The topological polar surface area (TPSA) is 24.7 Å². The Morgan fingerprint density at radius 3 is 2.00 bits per heavy atom. The van der Waals surface area contributed by atoms with Crippen LogP contribution in [0.4, 0.5) is 11.4 Å². The maximum atomic E-state index is 7.58. The van der Waals surface area contributed by atoms with Crippen LogP contribution in [0, 0.1) is 0 Å². The van der Waals surface area contributed by atoms with Gasteiger partial charge < -0.3 is 0 Å². The predicted octanol–water partition coefficient (Wildman–Crippen LogP) is 4.10. The highest BCUT2D eigenvalue weighted by atomic mass is 15.1. The average Bonchev–Trinajstić information content (AvgIpc) is 2.29. The summed E-state index contributed by atoms with van der Waals surface area (Å²) in [7, 11) is 0. The molecule has 0 aliphatic rings. The smallest absolute Gasteiger partial charge is 0.0857 e. The molecule has 0 N–H and O–H groups in total. The molecule has 0 saturated carbocycles. The van der Waals surface area contributed by atoms with Crippen molar-refractivity contribution in [2.45, 2.75) is 0 Å². The summed E-state index contributed by atoms with van der Waals surface area (Å²) in [5.41, 5.74) is 1.38. The zero-order valence-electron chi connectivity index (χ0n) is 8.59. The highest BCUT2D eigenvalue weighted by Gasteiger charge is 1.86. The average molecular weight is 183 g/mol. The van der Waals surface area contributed by atoms with Crippen molar-refractivity contribution in [1.82, 2.24) is 0 Å². The van der Waals surface area contributed by atoms with Crippen molar-refractivity contribution in [2.75, 3.05) is 0 Å². The third-order valence-electron chi connectivity index (χ3n) is 1.72. The molecule has 0 amide bonds. The summed E-state index contributed by atoms with van der Waals surface area (Å²) in [5.74, 6) is 0. The van der Waals surface area contributed by atoms with Gasteiger partial charge in [-0.15, -0.1) is 0 Å². The van der Waals surface area contributed by atoms with Gasteiger partial charge in [-0.25, -0.2) is 0 Å². The summed E-state index contributed by atoms with van der Waals surface area (Å²) in [5, 5.41) is 8.06. The fourth-order valence-electron chi connectivity index (χ4n) is 1.05. The number of azo groups is 1. The van der Waals surface area contributed by atoms with E-state index in [0.717, 1.165) is 5.69 Å². The molecule has 0 fully saturated rings. The second-order valence-corrected chi connectivity index (χ2v) is 2.78. The number of benzene rings is 2. The molecule has 0 radical (unpaired) electrons. The first-order valence-corrected chi connectivity index (χ1v) is 4.39. The van der Waals surface area contributed by atoms with E-state index in [1.165, 1.54) is 0 Å². The lowest BCUT2D eigenvalue weighted by molar-refractivity contribution is 1.23. The maximum Gasteiger partial charge on any atom is 0.0857 e. The van der Waals surface area contributed by atoms with Crippen molar-refractivity contribution in [3.05, 3.63) is 60.6 Å². The van der Waals surface area contributed by atoms with E-state index in [9.17, 15) is 0 Å². The molecular formula is C12H10N2. The van der Waals surface area contributed by atoms with Gasteiger partial charge in [-0.3, -0.25) is 0 Å². The van der Waals surface area contributed by atoms with E-state index in [2.05, 4.69) is 10.2 Å². The monoisotopic (exact) mass is 183 g/mol. The van der Waals surface area contributed by atoms with Crippen molar-refractivity contribution >= 4 is 11.4 Å². The Labute approximate surface area is 84.3 Å². The van der Waals surface area contributed by atoms with E-state index in [0.29, 0.717) is 11.7 Å². The highest BCUT2D eigenvalue weighted by molar-refractivity contribution is 5.39. The first-order valence-electron chi connectivity index (χ1n) is 4.89. The highest BCUT2D eigenvalue weighted by Crippen LogP contribution is 2.16. The van der Waals surface area contributed by atoms with Crippen LogP contribution in [-0.4, -0.2) is 0 Å². The largest absolute Gasteiger partial charge is 0.151 e. The quantitative estimate of drug-likeness (QED) is 0.626. The van der Waals surface area contributed by atoms with Gasteiger partial charge in [0.15, 0.2) is 0 Å². The van der Waals surface area contributed by atoms with Crippen LogP contribution in [0.25, 0.3) is 0 Å². The lowest BCUT2D eigenvalue weighted by Crippen LogP contribution is -1.62. The van der Waals surface area contributed by atoms with E-state index in [4.69, 9.17) is 1.37 Å². The molecule has 2 aromatic rings. The minimum Gasteiger partial charge on any atom is -0.151 e. The van der Waals surface area contributed by atoms with Crippen molar-refractivity contribution in [1.29, 1.82) is 0 Å². The molecule has 0 spiro atoms. The molecule has 2 rings (SSSR count). The Bertz CT molecular complexity index is 466. The van der Waals surface area contributed by atoms with Crippen molar-refractivity contribution < 1.29 is 1.37 Å². The molecule has 0 aliphatic carbocycles. The Morgan fingerprint density at radius 2 is 1.29 bits per heavy atom. The molecular weight excluding hydrogens is 172 g/mol. The molecule has 14 heavy (non-hydrogen) atoms.